The second-order valence-corrected chi connectivity index (χ2v) is 8.95. The second kappa shape index (κ2) is 6.70. The van der Waals surface area contributed by atoms with Gasteiger partial charge in [0.25, 0.3) is 0 Å². The van der Waals surface area contributed by atoms with E-state index in [1.54, 1.807) is 12.1 Å². The second-order valence-electron chi connectivity index (χ2n) is 5.00. The van der Waals surface area contributed by atoms with Gasteiger partial charge in [-0.1, -0.05) is 27.7 Å². The molecule has 1 saturated heterocycles. The van der Waals surface area contributed by atoms with E-state index in [2.05, 4.69) is 20.9 Å². The summed E-state index contributed by atoms with van der Waals surface area (Å²) in [5.74, 6) is 0. The maximum Gasteiger partial charge on any atom is 0.244 e. The van der Waals surface area contributed by atoms with Crippen LogP contribution in [0.25, 0.3) is 0 Å². The van der Waals surface area contributed by atoms with Crippen molar-refractivity contribution in [2.24, 2.45) is 0 Å². The summed E-state index contributed by atoms with van der Waals surface area (Å²) in [5.41, 5.74) is 0. The van der Waals surface area contributed by atoms with Crippen molar-refractivity contribution in [2.45, 2.75) is 27.7 Å². The van der Waals surface area contributed by atoms with Crippen LogP contribution in [0.5, 0.6) is 0 Å². The predicted octanol–water partition coefficient (Wildman–Crippen LogP) is 3.78. The van der Waals surface area contributed by atoms with Gasteiger partial charge in [-0.15, -0.1) is 0 Å². The van der Waals surface area contributed by atoms with Gasteiger partial charge in [0.15, 0.2) is 0 Å². The van der Waals surface area contributed by atoms with Crippen molar-refractivity contribution >= 4 is 37.7 Å². The van der Waals surface area contributed by atoms with Crippen LogP contribution in [0.1, 0.15) is 12.8 Å². The molecule has 0 radical (unpaired) electrons. The number of hydrogen-bond donors (Lipinski definition) is 0. The number of sulfonamides is 1. The third-order valence-corrected chi connectivity index (χ3v) is 6.82. The summed E-state index contributed by atoms with van der Waals surface area (Å²) in [4.78, 5) is 5.61. The number of hydrogen-bond acceptors (Lipinski definition) is 4. The maximum absolute atomic E-state index is 12.4. The molecule has 116 valence electrons. The fourth-order valence-corrected chi connectivity index (χ4v) is 4.76. The average molecular weight is 399 g/mol. The van der Waals surface area contributed by atoms with Crippen LogP contribution < -0.4 is 0 Å². The molecule has 0 spiro atoms. The quantitative estimate of drug-likeness (QED) is 0.785. The summed E-state index contributed by atoms with van der Waals surface area (Å²) >= 11 is 4.91. The molecule has 4 nitrogen and oxygen atoms in total. The van der Waals surface area contributed by atoms with Crippen LogP contribution in [0, 0.1) is 0 Å². The molecule has 1 aliphatic rings. The highest BCUT2D eigenvalue weighted by molar-refractivity contribution is 9.10. The summed E-state index contributed by atoms with van der Waals surface area (Å²) < 4.78 is 27.4. The fourth-order valence-electron chi connectivity index (χ4n) is 2.28. The zero-order valence-electron chi connectivity index (χ0n) is 11.8. The molecule has 0 saturated carbocycles. The predicted molar refractivity (Wildman–Crippen MR) is 90.5 cm³/mol. The van der Waals surface area contributed by atoms with Gasteiger partial charge in [-0.25, -0.2) is 13.4 Å². The largest absolute Gasteiger partial charge is 0.248 e. The molecular weight excluding hydrogens is 384 g/mol. The Labute approximate surface area is 143 Å². The van der Waals surface area contributed by atoms with Crippen LogP contribution in [0.4, 0.5) is 0 Å². The van der Waals surface area contributed by atoms with Crippen LogP contribution in [-0.2, 0) is 10.0 Å². The third kappa shape index (κ3) is 3.53. The van der Waals surface area contributed by atoms with E-state index in [-0.39, 0.29) is 4.90 Å². The van der Waals surface area contributed by atoms with Crippen molar-refractivity contribution in [1.82, 2.24) is 9.29 Å². The Hall–Kier alpha value is -0.890. The van der Waals surface area contributed by atoms with Gasteiger partial charge in [-0.3, -0.25) is 0 Å². The molecule has 7 heteroatoms. The Bertz CT molecular complexity index is 740. The van der Waals surface area contributed by atoms with Crippen molar-refractivity contribution in [3.8, 4) is 0 Å². The van der Waals surface area contributed by atoms with Gasteiger partial charge < -0.3 is 0 Å². The van der Waals surface area contributed by atoms with Crippen molar-refractivity contribution in [1.29, 1.82) is 0 Å². The number of pyridine rings is 1. The van der Waals surface area contributed by atoms with Crippen molar-refractivity contribution in [3.05, 3.63) is 47.1 Å². The summed E-state index contributed by atoms with van der Waals surface area (Å²) in [7, 11) is -3.38. The molecule has 2 heterocycles. The minimum atomic E-state index is -3.38. The van der Waals surface area contributed by atoms with Gasteiger partial charge in [0.2, 0.25) is 10.0 Å². The third-order valence-electron chi connectivity index (χ3n) is 3.45. The highest BCUT2D eigenvalue weighted by atomic mass is 79.9. The lowest BCUT2D eigenvalue weighted by molar-refractivity contribution is 0.477. The maximum atomic E-state index is 12.4. The van der Waals surface area contributed by atoms with Gasteiger partial charge in [0, 0.05) is 28.7 Å². The highest BCUT2D eigenvalue weighted by Gasteiger charge is 2.27. The van der Waals surface area contributed by atoms with Crippen LogP contribution in [0.2, 0.25) is 0 Å². The Morgan fingerprint density at radius 3 is 2.32 bits per heavy atom. The summed E-state index contributed by atoms with van der Waals surface area (Å²) in [6, 6.07) is 11.3. The first-order valence-electron chi connectivity index (χ1n) is 6.95. The van der Waals surface area contributed by atoms with E-state index in [0.717, 1.165) is 27.2 Å². The number of halogens is 1. The van der Waals surface area contributed by atoms with Crippen LogP contribution in [-0.4, -0.2) is 30.8 Å². The zero-order valence-corrected chi connectivity index (χ0v) is 15.0. The Morgan fingerprint density at radius 1 is 1.05 bits per heavy atom. The van der Waals surface area contributed by atoms with Crippen LogP contribution in [0.3, 0.4) is 0 Å². The normalized spacial score (nSPS) is 16.0. The number of rotatable bonds is 4. The van der Waals surface area contributed by atoms with E-state index >= 15 is 0 Å². The lowest BCUT2D eigenvalue weighted by atomic mass is 10.4. The molecule has 0 aliphatic carbocycles. The van der Waals surface area contributed by atoms with Gasteiger partial charge in [0.1, 0.15) is 9.92 Å². The first kappa shape index (κ1) is 16.0. The molecule has 1 aromatic heterocycles. The first-order chi connectivity index (χ1) is 10.6. The number of nitrogens with zero attached hydrogens (tertiary/aromatic N) is 2. The molecule has 1 aliphatic heterocycles. The van der Waals surface area contributed by atoms with Gasteiger partial charge >= 0.3 is 0 Å². The topological polar surface area (TPSA) is 50.3 Å². The molecular formula is C15H15BrN2O2S2. The first-order valence-corrected chi connectivity index (χ1v) is 10.0. The highest BCUT2D eigenvalue weighted by Crippen LogP contribution is 2.28. The van der Waals surface area contributed by atoms with Crippen molar-refractivity contribution in [2.75, 3.05) is 13.1 Å². The summed E-state index contributed by atoms with van der Waals surface area (Å²) in [6.45, 7) is 1.22. The lowest BCUT2D eigenvalue weighted by Crippen LogP contribution is -2.27. The Morgan fingerprint density at radius 2 is 1.73 bits per heavy atom. The van der Waals surface area contributed by atoms with Crippen molar-refractivity contribution in [3.63, 3.8) is 0 Å². The van der Waals surface area contributed by atoms with E-state index in [4.69, 9.17) is 0 Å². The Balaban J connectivity index is 1.76. The fraction of sp³-hybridized carbons (Fsp3) is 0.267. The summed E-state index contributed by atoms with van der Waals surface area (Å²) in [5, 5.41) is 0.780. The van der Waals surface area contributed by atoms with Crippen molar-refractivity contribution < 1.29 is 8.42 Å². The molecule has 1 aromatic carbocycles. The average Bonchev–Trinajstić information content (AvgIpc) is 3.05. The minimum Gasteiger partial charge on any atom is -0.248 e. The minimum absolute atomic E-state index is 0.273. The monoisotopic (exact) mass is 398 g/mol. The van der Waals surface area contributed by atoms with E-state index in [9.17, 15) is 8.42 Å². The van der Waals surface area contributed by atoms with E-state index in [1.165, 1.54) is 22.3 Å². The van der Waals surface area contributed by atoms with E-state index < -0.39 is 10.0 Å². The SMILES string of the molecule is O=S(=O)(c1ccc(Sc2ccc(Br)cc2)nc1)N1CCCC1. The number of benzene rings is 1. The molecule has 0 N–H and O–H groups in total. The molecule has 0 atom stereocenters. The zero-order chi connectivity index (χ0) is 15.6. The van der Waals surface area contributed by atoms with Crippen LogP contribution >= 0.6 is 27.7 Å². The molecule has 0 bridgehead atoms. The standard InChI is InChI=1S/C15H15BrN2O2S2/c16-12-3-5-13(6-4-12)21-15-8-7-14(11-17-15)22(19,20)18-9-1-2-10-18/h3-8,11H,1-2,9-10H2. The molecule has 0 unspecified atom stereocenters. The Kier molecular flexibility index (Phi) is 4.87. The molecule has 22 heavy (non-hydrogen) atoms. The van der Waals surface area contributed by atoms with Gasteiger partial charge in [-0.05, 0) is 49.2 Å². The number of aromatic nitrogens is 1. The lowest BCUT2D eigenvalue weighted by Gasteiger charge is -2.15. The van der Waals surface area contributed by atoms with E-state index in [1.807, 2.05) is 24.3 Å². The van der Waals surface area contributed by atoms with Crippen LogP contribution in [0.15, 0.2) is 61.9 Å². The smallest absolute Gasteiger partial charge is 0.244 e. The molecule has 0 amide bonds. The molecule has 1 fully saturated rings. The van der Waals surface area contributed by atoms with Gasteiger partial charge in [0.05, 0.1) is 0 Å². The molecule has 2 aromatic rings. The van der Waals surface area contributed by atoms with Gasteiger partial charge in [-0.2, -0.15) is 4.31 Å². The summed E-state index contributed by atoms with van der Waals surface area (Å²) in [6.07, 6.45) is 3.32. The molecule has 3 rings (SSSR count). The van der Waals surface area contributed by atoms with E-state index in [0.29, 0.717) is 13.1 Å².